The Labute approximate surface area is 181 Å². The number of thiazole rings is 1. The van der Waals surface area contributed by atoms with Crippen molar-refractivity contribution < 1.29 is 9.53 Å². The number of anilines is 1. The van der Waals surface area contributed by atoms with E-state index in [1.165, 1.54) is 0 Å². The molecule has 6 heteroatoms. The van der Waals surface area contributed by atoms with Crippen molar-refractivity contribution in [3.8, 4) is 16.3 Å². The number of aromatic nitrogens is 1. The van der Waals surface area contributed by atoms with Crippen molar-refractivity contribution in [1.29, 1.82) is 0 Å². The molecule has 0 aliphatic rings. The van der Waals surface area contributed by atoms with Crippen LogP contribution in [0.5, 0.6) is 5.75 Å². The predicted molar refractivity (Wildman–Crippen MR) is 123 cm³/mol. The van der Waals surface area contributed by atoms with E-state index in [1.807, 2.05) is 68.4 Å². The molecule has 0 unspecified atom stereocenters. The Balaban J connectivity index is 1.54. The van der Waals surface area contributed by atoms with Crippen LogP contribution in [0.25, 0.3) is 20.8 Å². The number of amides is 1. The minimum atomic E-state index is -0.214. The highest BCUT2D eigenvalue weighted by atomic mass is 79.9. The molecule has 0 bridgehead atoms. The van der Waals surface area contributed by atoms with Crippen LogP contribution < -0.4 is 10.1 Å². The van der Waals surface area contributed by atoms with Crippen LogP contribution in [0.3, 0.4) is 0 Å². The van der Waals surface area contributed by atoms with Gasteiger partial charge in [-0.3, -0.25) is 4.79 Å². The summed E-state index contributed by atoms with van der Waals surface area (Å²) in [7, 11) is 0. The number of carbonyl (C=O) groups is 1. The summed E-state index contributed by atoms with van der Waals surface area (Å²) in [6, 6.07) is 19.7. The second-order valence-corrected chi connectivity index (χ2v) is 8.78. The van der Waals surface area contributed by atoms with E-state index in [1.54, 1.807) is 11.3 Å². The second-order valence-electron chi connectivity index (χ2n) is 6.84. The first-order valence-corrected chi connectivity index (χ1v) is 10.8. The fraction of sp³-hybridized carbons (Fsp3) is 0.130. The van der Waals surface area contributed by atoms with Crippen molar-refractivity contribution in [2.24, 2.45) is 0 Å². The van der Waals surface area contributed by atoms with Crippen molar-refractivity contribution in [1.82, 2.24) is 4.98 Å². The van der Waals surface area contributed by atoms with E-state index in [9.17, 15) is 4.79 Å². The van der Waals surface area contributed by atoms with Gasteiger partial charge in [0.15, 0.2) is 6.61 Å². The third-order valence-corrected chi connectivity index (χ3v) is 5.91. The molecule has 0 aliphatic carbocycles. The van der Waals surface area contributed by atoms with Crippen molar-refractivity contribution >= 4 is 49.1 Å². The normalized spacial score (nSPS) is 10.9. The molecule has 4 aromatic rings. The highest BCUT2D eigenvalue weighted by Gasteiger charge is 2.14. The molecule has 0 atom stereocenters. The van der Waals surface area contributed by atoms with Gasteiger partial charge >= 0.3 is 0 Å². The molecule has 0 aliphatic heterocycles. The summed E-state index contributed by atoms with van der Waals surface area (Å²) in [6.45, 7) is 3.95. The molecule has 3 aromatic carbocycles. The fourth-order valence-corrected chi connectivity index (χ4v) is 4.50. The van der Waals surface area contributed by atoms with Crippen LogP contribution in [-0.2, 0) is 4.79 Å². The quantitative estimate of drug-likeness (QED) is 0.372. The van der Waals surface area contributed by atoms with Crippen molar-refractivity contribution in [3.05, 3.63) is 76.3 Å². The van der Waals surface area contributed by atoms with Crippen LogP contribution in [0.1, 0.15) is 11.1 Å². The third-order valence-electron chi connectivity index (χ3n) is 4.35. The number of rotatable bonds is 5. The SMILES string of the molecule is Cc1cc(C)cc(OCC(=O)Nc2ccc(Br)cc2-c2nc3ccccc3s2)c1. The monoisotopic (exact) mass is 466 g/mol. The molecular weight excluding hydrogens is 448 g/mol. The smallest absolute Gasteiger partial charge is 0.262 e. The number of hydrogen-bond donors (Lipinski definition) is 1. The minimum Gasteiger partial charge on any atom is -0.484 e. The number of hydrogen-bond acceptors (Lipinski definition) is 4. The first kappa shape index (κ1) is 19.6. The zero-order chi connectivity index (χ0) is 20.4. The number of aryl methyl sites for hydroxylation is 2. The lowest BCUT2D eigenvalue weighted by atomic mass is 10.1. The van der Waals surface area contributed by atoms with Crippen LogP contribution in [0.2, 0.25) is 0 Å². The number of para-hydroxylation sites is 1. The molecular formula is C23H19BrN2O2S. The summed E-state index contributed by atoms with van der Waals surface area (Å²) in [5, 5.41) is 3.82. The van der Waals surface area contributed by atoms with Gasteiger partial charge in [-0.05, 0) is 67.4 Å². The average Bonchev–Trinajstić information content (AvgIpc) is 3.11. The Hall–Kier alpha value is -2.70. The summed E-state index contributed by atoms with van der Waals surface area (Å²) in [4.78, 5) is 17.3. The number of fused-ring (bicyclic) bond motifs is 1. The van der Waals surface area contributed by atoms with Gasteiger partial charge in [0.1, 0.15) is 10.8 Å². The lowest BCUT2D eigenvalue weighted by Crippen LogP contribution is -2.20. The maximum Gasteiger partial charge on any atom is 0.262 e. The molecule has 0 radical (unpaired) electrons. The Kier molecular flexibility index (Phi) is 5.65. The van der Waals surface area contributed by atoms with Gasteiger partial charge in [-0.1, -0.05) is 34.1 Å². The van der Waals surface area contributed by atoms with Gasteiger partial charge in [0.25, 0.3) is 5.91 Å². The zero-order valence-electron chi connectivity index (χ0n) is 16.0. The Bertz CT molecular complexity index is 1150. The molecule has 1 N–H and O–H groups in total. The van der Waals surface area contributed by atoms with Gasteiger partial charge < -0.3 is 10.1 Å². The number of ether oxygens (including phenoxy) is 1. The van der Waals surface area contributed by atoms with Gasteiger partial charge in [0.2, 0.25) is 0 Å². The Morgan fingerprint density at radius 1 is 1.07 bits per heavy atom. The van der Waals surface area contributed by atoms with Gasteiger partial charge in [-0.25, -0.2) is 4.98 Å². The molecule has 1 amide bonds. The molecule has 1 aromatic heterocycles. The van der Waals surface area contributed by atoms with Crippen LogP contribution >= 0.6 is 27.3 Å². The summed E-state index contributed by atoms with van der Waals surface area (Å²) >= 11 is 5.12. The number of benzene rings is 3. The van der Waals surface area contributed by atoms with E-state index < -0.39 is 0 Å². The molecule has 146 valence electrons. The molecule has 29 heavy (non-hydrogen) atoms. The summed E-state index contributed by atoms with van der Waals surface area (Å²) in [5.41, 5.74) is 4.74. The van der Waals surface area contributed by atoms with Gasteiger partial charge in [0.05, 0.1) is 15.9 Å². The van der Waals surface area contributed by atoms with Gasteiger partial charge in [0, 0.05) is 10.0 Å². The van der Waals surface area contributed by atoms with Crippen molar-refractivity contribution in [2.75, 3.05) is 11.9 Å². The highest BCUT2D eigenvalue weighted by molar-refractivity contribution is 9.10. The maximum absolute atomic E-state index is 12.5. The van der Waals surface area contributed by atoms with Crippen molar-refractivity contribution in [2.45, 2.75) is 13.8 Å². The first-order chi connectivity index (χ1) is 14.0. The molecule has 4 nitrogen and oxygen atoms in total. The summed E-state index contributed by atoms with van der Waals surface area (Å²) in [5.74, 6) is 0.480. The Morgan fingerprint density at radius 3 is 2.59 bits per heavy atom. The topological polar surface area (TPSA) is 51.2 Å². The fourth-order valence-electron chi connectivity index (χ4n) is 3.14. The number of nitrogens with one attached hydrogen (secondary N) is 1. The van der Waals surface area contributed by atoms with Crippen molar-refractivity contribution in [3.63, 3.8) is 0 Å². The van der Waals surface area contributed by atoms with E-state index >= 15 is 0 Å². The number of carbonyl (C=O) groups excluding carboxylic acids is 1. The van der Waals surface area contributed by atoms with Crippen LogP contribution in [-0.4, -0.2) is 17.5 Å². The first-order valence-electron chi connectivity index (χ1n) is 9.14. The van der Waals surface area contributed by atoms with Crippen LogP contribution in [0.4, 0.5) is 5.69 Å². The predicted octanol–water partition coefficient (Wildman–Crippen LogP) is 6.36. The highest BCUT2D eigenvalue weighted by Crippen LogP contribution is 2.36. The zero-order valence-corrected chi connectivity index (χ0v) is 18.4. The van der Waals surface area contributed by atoms with E-state index in [0.29, 0.717) is 11.4 Å². The molecule has 1 heterocycles. The lowest BCUT2D eigenvalue weighted by molar-refractivity contribution is -0.118. The third kappa shape index (κ3) is 4.66. The van der Waals surface area contributed by atoms with E-state index in [0.717, 1.165) is 36.4 Å². The molecule has 0 fully saturated rings. The van der Waals surface area contributed by atoms with E-state index in [-0.39, 0.29) is 12.5 Å². The van der Waals surface area contributed by atoms with Gasteiger partial charge in [-0.2, -0.15) is 0 Å². The van der Waals surface area contributed by atoms with Gasteiger partial charge in [-0.15, -0.1) is 11.3 Å². The molecule has 0 spiro atoms. The standard InChI is InChI=1S/C23H19BrN2O2S/c1-14-9-15(2)11-17(10-14)28-13-22(27)25-19-8-7-16(24)12-18(19)23-26-20-5-3-4-6-21(20)29-23/h3-12H,13H2,1-2H3,(H,25,27). The average molecular weight is 467 g/mol. The minimum absolute atomic E-state index is 0.0573. The number of nitrogens with zero attached hydrogens (tertiary/aromatic N) is 1. The summed E-state index contributed by atoms with van der Waals surface area (Å²) in [6.07, 6.45) is 0. The lowest BCUT2D eigenvalue weighted by Gasteiger charge is -2.12. The largest absolute Gasteiger partial charge is 0.484 e. The van der Waals surface area contributed by atoms with E-state index in [2.05, 4.69) is 27.3 Å². The maximum atomic E-state index is 12.5. The van der Waals surface area contributed by atoms with E-state index in [4.69, 9.17) is 9.72 Å². The number of halogens is 1. The van der Waals surface area contributed by atoms with Crippen LogP contribution in [0.15, 0.2) is 65.1 Å². The molecule has 0 saturated heterocycles. The second kappa shape index (κ2) is 8.35. The molecule has 0 saturated carbocycles. The van der Waals surface area contributed by atoms with Crippen LogP contribution in [0, 0.1) is 13.8 Å². The summed E-state index contributed by atoms with van der Waals surface area (Å²) < 4.78 is 7.72. The Morgan fingerprint density at radius 2 is 1.83 bits per heavy atom. The molecule has 4 rings (SSSR count).